The minimum Gasteiger partial charge on any atom is -0.372 e. The number of hydrogen-bond acceptors (Lipinski definition) is 7. The predicted molar refractivity (Wildman–Crippen MR) is 134 cm³/mol. The fraction of sp³-hybridized carbons (Fsp3) is 0.292. The van der Waals surface area contributed by atoms with Gasteiger partial charge >= 0.3 is 0 Å². The molecule has 0 bridgehead atoms. The third kappa shape index (κ3) is 3.70. The molecule has 33 heavy (non-hydrogen) atoms. The van der Waals surface area contributed by atoms with Gasteiger partial charge in [-0.15, -0.1) is 9.24 Å². The van der Waals surface area contributed by atoms with Gasteiger partial charge in [0.25, 0.3) is 0 Å². The number of anilines is 1. The Hall–Kier alpha value is -2.56. The van der Waals surface area contributed by atoms with E-state index < -0.39 is 5.82 Å². The van der Waals surface area contributed by atoms with Gasteiger partial charge in [-0.25, -0.2) is 4.39 Å². The summed E-state index contributed by atoms with van der Waals surface area (Å²) in [6.45, 7) is 7.13. The van der Waals surface area contributed by atoms with Crippen molar-refractivity contribution in [3.8, 4) is 6.07 Å². The molecule has 1 unspecified atom stereocenters. The first-order valence-electron chi connectivity index (χ1n) is 10.7. The van der Waals surface area contributed by atoms with Crippen LogP contribution in [0.4, 0.5) is 10.1 Å². The van der Waals surface area contributed by atoms with Gasteiger partial charge in [-0.1, -0.05) is 11.8 Å². The molecule has 2 N–H and O–H groups in total. The van der Waals surface area contributed by atoms with E-state index in [0.717, 1.165) is 45.3 Å². The largest absolute Gasteiger partial charge is 0.372 e. The van der Waals surface area contributed by atoms with E-state index in [1.165, 1.54) is 30.7 Å². The number of thioether (sulfide) groups is 1. The van der Waals surface area contributed by atoms with Crippen LogP contribution < -0.4 is 21.1 Å². The third-order valence-corrected chi connectivity index (χ3v) is 7.90. The maximum Gasteiger partial charge on any atom is 0.131 e. The molecule has 1 saturated heterocycles. The van der Waals surface area contributed by atoms with E-state index in [-0.39, 0.29) is 10.6 Å². The zero-order chi connectivity index (χ0) is 23.1. The number of ether oxygens (including phenoxy) is 1. The lowest BCUT2D eigenvalue weighted by Gasteiger charge is -2.20. The molecule has 5 rings (SSSR count). The Balaban J connectivity index is 1.94. The summed E-state index contributed by atoms with van der Waals surface area (Å²) in [4.78, 5) is 7.10. The highest BCUT2D eigenvalue weighted by Gasteiger charge is 2.25. The van der Waals surface area contributed by atoms with Crippen LogP contribution in [0.25, 0.3) is 11.8 Å². The van der Waals surface area contributed by atoms with E-state index in [1.54, 1.807) is 12.3 Å². The summed E-state index contributed by atoms with van der Waals surface area (Å²) in [5.74, 6) is -0.418. The smallest absolute Gasteiger partial charge is 0.131 e. The first-order valence-corrected chi connectivity index (χ1v) is 12.1. The van der Waals surface area contributed by atoms with Gasteiger partial charge in [-0.2, -0.15) is 5.26 Å². The van der Waals surface area contributed by atoms with E-state index in [9.17, 15) is 5.26 Å². The van der Waals surface area contributed by atoms with Crippen LogP contribution in [0.3, 0.4) is 0 Å². The van der Waals surface area contributed by atoms with Gasteiger partial charge in [0.05, 0.1) is 31.1 Å². The van der Waals surface area contributed by atoms with E-state index in [1.807, 2.05) is 0 Å². The third-order valence-electron chi connectivity index (χ3n) is 6.36. The van der Waals surface area contributed by atoms with E-state index in [4.69, 9.17) is 10.1 Å². The van der Waals surface area contributed by atoms with Crippen molar-refractivity contribution >= 4 is 55.5 Å². The number of nitrogens with zero attached hydrogens (tertiary/aromatic N) is 3. The second kappa shape index (κ2) is 9.00. The number of nitriles is 1. The first-order chi connectivity index (χ1) is 16.0. The van der Waals surface area contributed by atoms with Gasteiger partial charge < -0.3 is 10.1 Å². The summed E-state index contributed by atoms with van der Waals surface area (Å²) in [7, 11) is 2.77. The van der Waals surface area contributed by atoms with Gasteiger partial charge in [0.15, 0.2) is 0 Å². The van der Waals surface area contributed by atoms with E-state index in [2.05, 4.69) is 37.2 Å². The number of benzene rings is 2. The molecule has 0 aromatic heterocycles. The average molecular weight is 480 g/mol. The summed E-state index contributed by atoms with van der Waals surface area (Å²) in [5.41, 5.74) is 2.88. The minimum absolute atomic E-state index is 0.144. The highest BCUT2D eigenvalue weighted by Crippen LogP contribution is 2.28. The van der Waals surface area contributed by atoms with Crippen LogP contribution in [0.1, 0.15) is 24.0 Å². The number of likely N-dealkylation sites (tertiary alicyclic amines) is 1. The monoisotopic (exact) mass is 479 g/mol. The lowest BCUT2D eigenvalue weighted by atomic mass is 9.99. The van der Waals surface area contributed by atoms with Gasteiger partial charge in [-0.05, 0) is 55.9 Å². The number of fused-ring (bicyclic) bond motifs is 2. The molecule has 9 heteroatoms. The van der Waals surface area contributed by atoms with Crippen molar-refractivity contribution in [2.75, 3.05) is 25.1 Å². The number of rotatable bonds is 4. The molecule has 0 aliphatic carbocycles. The molecule has 3 aliphatic rings. The molecule has 0 radical (unpaired) electrons. The zero-order valence-electron chi connectivity index (χ0n) is 18.0. The minimum atomic E-state index is -0.418. The molecule has 0 saturated carbocycles. The fourth-order valence-corrected chi connectivity index (χ4v) is 6.32. The van der Waals surface area contributed by atoms with E-state index >= 15 is 4.39 Å². The van der Waals surface area contributed by atoms with Crippen LogP contribution in [-0.2, 0) is 18.0 Å². The number of aliphatic imine (C=N–C) groups is 1. The van der Waals surface area contributed by atoms with Crippen LogP contribution in [0.15, 0.2) is 22.0 Å². The van der Waals surface area contributed by atoms with Crippen LogP contribution >= 0.6 is 21.0 Å². The van der Waals surface area contributed by atoms with Crippen LogP contribution in [0, 0.1) is 33.0 Å². The molecular formula is C24H23FN5OPS. The zero-order valence-corrected chi connectivity index (χ0v) is 20.0. The van der Waals surface area contributed by atoms with Gasteiger partial charge in [0.2, 0.25) is 0 Å². The molecule has 1 atom stereocenters. The molecule has 6 nitrogen and oxygen atoms in total. The SMILES string of the molecule is C=N/C=c1/c2c(/c(=c3/c(F)ccc4c3=C(C#N)C(=N)S4)c(P)c1NCN1CCCC1)COC2. The molecule has 3 aliphatic heterocycles. The predicted octanol–water partition coefficient (Wildman–Crippen LogP) is 2.30. The van der Waals surface area contributed by atoms with Crippen molar-refractivity contribution in [2.45, 2.75) is 31.0 Å². The summed E-state index contributed by atoms with van der Waals surface area (Å²) >= 11 is 1.19. The highest BCUT2D eigenvalue weighted by atomic mass is 32.2. The maximum atomic E-state index is 15.5. The van der Waals surface area contributed by atoms with Crippen molar-refractivity contribution in [1.29, 1.82) is 10.7 Å². The lowest BCUT2D eigenvalue weighted by molar-refractivity contribution is 0.134. The molecule has 168 valence electrons. The standard InChI is InChI=1S/C24H23FN5OPS/c1-28-9-14-15-10-31-11-16(15)20(23(32)22(14)29-12-30-6-2-3-7-30)21-17(25)4-5-18-19(21)13(8-26)24(27)33-18/h4-5,9,27,29H,1-3,6-7,10-12,32H2/b14-9-,21-20+,27-24?. The normalized spacial score (nSPS) is 19.0. The topological polar surface area (TPSA) is 84.5 Å². The summed E-state index contributed by atoms with van der Waals surface area (Å²) in [5, 5.41) is 24.9. The summed E-state index contributed by atoms with van der Waals surface area (Å²) in [6.07, 6.45) is 4.09. The molecule has 2 aromatic carbocycles. The molecule has 0 amide bonds. The Kier molecular flexibility index (Phi) is 6.07. The fourth-order valence-electron chi connectivity index (χ4n) is 4.83. The summed E-state index contributed by atoms with van der Waals surface area (Å²) in [6, 6.07) is 5.18. The number of hydrogen-bond donors (Lipinski definition) is 2. The second-order valence-corrected chi connectivity index (χ2v) is 9.84. The number of nitrogens with one attached hydrogen (secondary N) is 2. The Morgan fingerprint density at radius 3 is 2.76 bits per heavy atom. The van der Waals surface area contributed by atoms with Crippen molar-refractivity contribution in [1.82, 2.24) is 4.90 Å². The Labute approximate surface area is 197 Å². The van der Waals surface area contributed by atoms with Crippen molar-refractivity contribution in [3.63, 3.8) is 0 Å². The Morgan fingerprint density at radius 2 is 2.03 bits per heavy atom. The highest BCUT2D eigenvalue weighted by molar-refractivity contribution is 8.15. The van der Waals surface area contributed by atoms with Crippen LogP contribution in [0.2, 0.25) is 0 Å². The summed E-state index contributed by atoms with van der Waals surface area (Å²) < 4.78 is 21.3. The molecule has 2 aromatic rings. The second-order valence-electron chi connectivity index (χ2n) is 8.21. The molecule has 1 fully saturated rings. The number of halogens is 1. The van der Waals surface area contributed by atoms with Crippen molar-refractivity contribution in [2.24, 2.45) is 4.99 Å². The van der Waals surface area contributed by atoms with E-state index in [0.29, 0.717) is 35.5 Å². The van der Waals surface area contributed by atoms with Crippen molar-refractivity contribution in [3.05, 3.63) is 50.0 Å². The molecule has 3 heterocycles. The molecule has 0 spiro atoms. The van der Waals surface area contributed by atoms with Crippen LogP contribution in [0.5, 0.6) is 0 Å². The van der Waals surface area contributed by atoms with Gasteiger partial charge in [0.1, 0.15) is 16.9 Å². The average Bonchev–Trinajstić information content (AvgIpc) is 3.54. The van der Waals surface area contributed by atoms with Gasteiger partial charge in [-0.3, -0.25) is 15.3 Å². The first kappa shape index (κ1) is 22.2. The van der Waals surface area contributed by atoms with Gasteiger partial charge in [0, 0.05) is 37.3 Å². The maximum absolute atomic E-state index is 15.5. The van der Waals surface area contributed by atoms with Crippen molar-refractivity contribution < 1.29 is 9.13 Å². The van der Waals surface area contributed by atoms with Crippen LogP contribution in [-0.4, -0.2) is 36.4 Å². The Morgan fingerprint density at radius 1 is 1.27 bits per heavy atom. The molecular weight excluding hydrogens is 456 g/mol. The lowest BCUT2D eigenvalue weighted by Crippen LogP contribution is -2.32. The quantitative estimate of drug-likeness (QED) is 0.520. The Bertz CT molecular complexity index is 1460.